The fourth-order valence-corrected chi connectivity index (χ4v) is 5.93. The quantitative estimate of drug-likeness (QED) is 0.369. The molecule has 1 saturated heterocycles. The average Bonchev–Trinajstić information content (AvgIpc) is 3.52. The summed E-state index contributed by atoms with van der Waals surface area (Å²) >= 11 is 0. The first-order valence-corrected chi connectivity index (χ1v) is 12.2. The molecule has 34 heavy (non-hydrogen) atoms. The number of aromatic nitrogens is 6. The van der Waals surface area contributed by atoms with Crippen molar-refractivity contribution in [3.8, 4) is 0 Å². The summed E-state index contributed by atoms with van der Waals surface area (Å²) in [4.78, 5) is 10.0. The van der Waals surface area contributed by atoms with Gasteiger partial charge >= 0.3 is 0 Å². The van der Waals surface area contributed by atoms with Gasteiger partial charge in [0.25, 0.3) is 0 Å². The van der Waals surface area contributed by atoms with Gasteiger partial charge in [-0.25, -0.2) is 9.97 Å². The molecule has 6 rings (SSSR count). The third-order valence-electron chi connectivity index (χ3n) is 7.56. The van der Waals surface area contributed by atoms with Gasteiger partial charge in [0, 0.05) is 42.7 Å². The van der Waals surface area contributed by atoms with Crippen LogP contribution in [-0.4, -0.2) is 46.1 Å². The lowest BCUT2D eigenvalue weighted by molar-refractivity contribution is -0.959. The second-order valence-corrected chi connectivity index (χ2v) is 10.0. The van der Waals surface area contributed by atoms with Crippen LogP contribution in [0.2, 0.25) is 0 Å². The Hall–Kier alpha value is -3.45. The van der Waals surface area contributed by atoms with E-state index in [0.29, 0.717) is 5.92 Å². The first-order chi connectivity index (χ1) is 16.5. The lowest BCUT2D eigenvalue weighted by Crippen LogP contribution is -2.52. The number of hydrogen-bond acceptors (Lipinski definition) is 3. The van der Waals surface area contributed by atoms with Crippen molar-refractivity contribution in [1.29, 1.82) is 0 Å². The van der Waals surface area contributed by atoms with E-state index in [1.165, 1.54) is 29.9 Å². The number of fused-ring (bicyclic) bond motifs is 2. The molecule has 0 radical (unpaired) electrons. The molecule has 1 fully saturated rings. The summed E-state index contributed by atoms with van der Waals surface area (Å²) < 4.78 is 7.43. The first-order valence-electron chi connectivity index (χ1n) is 12.2. The number of piperidine rings is 1. The molecule has 5 aromatic heterocycles. The van der Waals surface area contributed by atoms with Crippen LogP contribution in [0, 0.1) is 13.8 Å². The Balaban J connectivity index is 1.39. The summed E-state index contributed by atoms with van der Waals surface area (Å²) in [6, 6.07) is 14.8. The number of likely N-dealkylation sites (tertiary alicyclic amines) is 1. The number of rotatable bonds is 5. The minimum Gasteiger partial charge on any atom is -0.313 e. The van der Waals surface area contributed by atoms with Gasteiger partial charge in [0.15, 0.2) is 0 Å². The highest BCUT2D eigenvalue weighted by Gasteiger charge is 2.38. The molecule has 0 aromatic carbocycles. The van der Waals surface area contributed by atoms with Gasteiger partial charge < -0.3 is 13.3 Å². The van der Waals surface area contributed by atoms with Crippen LogP contribution in [0.3, 0.4) is 0 Å². The number of quaternary nitrogens is 1. The zero-order valence-electron chi connectivity index (χ0n) is 20.2. The van der Waals surface area contributed by atoms with E-state index >= 15 is 0 Å². The Morgan fingerprint density at radius 2 is 1.50 bits per heavy atom. The molecule has 0 bridgehead atoms. The highest BCUT2D eigenvalue weighted by molar-refractivity contribution is 5.42. The molecule has 0 unspecified atom stereocenters. The van der Waals surface area contributed by atoms with Crippen molar-refractivity contribution in [3.05, 3.63) is 89.5 Å². The normalized spacial score (nSPS) is 18.1. The van der Waals surface area contributed by atoms with Crippen molar-refractivity contribution in [2.75, 3.05) is 13.1 Å². The lowest BCUT2D eigenvalue weighted by Gasteiger charge is -2.43. The van der Waals surface area contributed by atoms with Crippen LogP contribution >= 0.6 is 0 Å². The van der Waals surface area contributed by atoms with Crippen molar-refractivity contribution in [3.63, 3.8) is 0 Å². The van der Waals surface area contributed by atoms with Crippen LogP contribution in [0.25, 0.3) is 11.3 Å². The molecule has 0 saturated carbocycles. The van der Waals surface area contributed by atoms with E-state index in [2.05, 4.69) is 89.7 Å². The average molecular weight is 455 g/mol. The number of nitrogens with zero attached hydrogens (tertiary/aromatic N) is 7. The molecule has 7 heteroatoms. The van der Waals surface area contributed by atoms with Crippen LogP contribution in [-0.2, 0) is 20.1 Å². The van der Waals surface area contributed by atoms with Crippen molar-refractivity contribution < 1.29 is 4.48 Å². The Kier molecular flexibility index (Phi) is 5.03. The van der Waals surface area contributed by atoms with E-state index in [4.69, 9.17) is 9.97 Å². The lowest BCUT2D eigenvalue weighted by atomic mass is 9.92. The SMILES string of the molecule is Cc1cccc2nc(C[N+]3(Cc4cn5c(C)cccc5n4)CCC[C@@H](c4ccnn4C)C3)cn12. The van der Waals surface area contributed by atoms with Crippen LogP contribution < -0.4 is 0 Å². The van der Waals surface area contributed by atoms with Crippen LogP contribution in [0.15, 0.2) is 61.1 Å². The molecular weight excluding hydrogens is 422 g/mol. The molecule has 5 aromatic rings. The molecule has 0 aliphatic carbocycles. The number of pyridine rings is 2. The molecule has 174 valence electrons. The Morgan fingerprint density at radius 1 is 0.882 bits per heavy atom. The summed E-state index contributed by atoms with van der Waals surface area (Å²) in [5.41, 5.74) is 8.11. The van der Waals surface area contributed by atoms with Crippen molar-refractivity contribution in [1.82, 2.24) is 28.5 Å². The molecule has 0 N–H and O–H groups in total. The monoisotopic (exact) mass is 454 g/mol. The van der Waals surface area contributed by atoms with Crippen molar-refractivity contribution >= 4 is 11.3 Å². The van der Waals surface area contributed by atoms with E-state index in [1.54, 1.807) is 0 Å². The van der Waals surface area contributed by atoms with Gasteiger partial charge in [-0.3, -0.25) is 4.68 Å². The second kappa shape index (κ2) is 8.09. The third-order valence-corrected chi connectivity index (χ3v) is 7.56. The molecule has 1 atom stereocenters. The number of imidazole rings is 2. The van der Waals surface area contributed by atoms with Gasteiger partial charge in [0.2, 0.25) is 0 Å². The molecule has 1 aliphatic rings. The smallest absolute Gasteiger partial charge is 0.137 e. The van der Waals surface area contributed by atoms with E-state index in [0.717, 1.165) is 53.3 Å². The van der Waals surface area contributed by atoms with Gasteiger partial charge in [0.1, 0.15) is 35.8 Å². The maximum absolute atomic E-state index is 5.02. The summed E-state index contributed by atoms with van der Waals surface area (Å²) in [5, 5.41) is 4.46. The van der Waals surface area contributed by atoms with Crippen LogP contribution in [0.5, 0.6) is 0 Å². The standard InChI is InChI=1S/C27H32N7/c1-20-7-4-10-26-29-23(15-32(20)26)18-34(14-6-9-22(17-34)25-12-13-28-31(25)3)19-24-16-33-21(2)8-5-11-27(33)30-24/h4-5,7-8,10-13,15-16,22H,6,9,14,17-19H2,1-3H3/q+1/t22-/m1/s1. The third kappa shape index (κ3) is 3.70. The van der Waals surface area contributed by atoms with Gasteiger partial charge in [-0.05, 0) is 57.0 Å². The fraction of sp³-hybridized carbons (Fsp3) is 0.370. The highest BCUT2D eigenvalue weighted by atomic mass is 15.4. The maximum atomic E-state index is 5.02. The Morgan fingerprint density at radius 3 is 2.03 bits per heavy atom. The Bertz CT molecular complexity index is 1390. The molecule has 1 aliphatic heterocycles. The molecule has 0 spiro atoms. The fourth-order valence-electron chi connectivity index (χ4n) is 5.93. The predicted molar refractivity (Wildman–Crippen MR) is 132 cm³/mol. The van der Waals surface area contributed by atoms with Crippen LogP contribution in [0.4, 0.5) is 0 Å². The van der Waals surface area contributed by atoms with Gasteiger partial charge in [-0.1, -0.05) is 12.1 Å². The van der Waals surface area contributed by atoms with E-state index in [1.807, 2.05) is 10.9 Å². The summed E-state index contributed by atoms with van der Waals surface area (Å²) in [6.07, 6.45) is 8.77. The minimum absolute atomic E-state index is 0.485. The molecular formula is C27H32N7+. The van der Waals surface area contributed by atoms with E-state index in [-0.39, 0.29) is 0 Å². The van der Waals surface area contributed by atoms with E-state index < -0.39 is 0 Å². The van der Waals surface area contributed by atoms with Gasteiger partial charge in [-0.2, -0.15) is 5.10 Å². The number of hydrogen-bond donors (Lipinski definition) is 0. The molecule has 6 heterocycles. The summed E-state index contributed by atoms with van der Waals surface area (Å²) in [5.74, 6) is 0.485. The predicted octanol–water partition coefficient (Wildman–Crippen LogP) is 4.43. The maximum Gasteiger partial charge on any atom is 0.137 e. The summed E-state index contributed by atoms with van der Waals surface area (Å²) in [6.45, 7) is 8.29. The topological polar surface area (TPSA) is 52.4 Å². The van der Waals surface area contributed by atoms with Gasteiger partial charge in [-0.15, -0.1) is 0 Å². The largest absolute Gasteiger partial charge is 0.313 e. The van der Waals surface area contributed by atoms with Crippen LogP contribution in [0.1, 0.15) is 47.2 Å². The Labute approximate surface area is 199 Å². The highest BCUT2D eigenvalue weighted by Crippen LogP contribution is 2.34. The minimum atomic E-state index is 0.485. The van der Waals surface area contributed by atoms with Crippen molar-refractivity contribution in [2.24, 2.45) is 7.05 Å². The molecule has 0 amide bonds. The zero-order valence-corrected chi connectivity index (χ0v) is 20.2. The van der Waals surface area contributed by atoms with E-state index in [9.17, 15) is 0 Å². The summed E-state index contributed by atoms with van der Waals surface area (Å²) in [7, 11) is 2.06. The van der Waals surface area contributed by atoms with Crippen molar-refractivity contribution in [2.45, 2.75) is 45.7 Å². The second-order valence-electron chi connectivity index (χ2n) is 10.0. The first kappa shape index (κ1) is 21.1. The molecule has 7 nitrogen and oxygen atoms in total. The number of aryl methyl sites for hydroxylation is 3. The zero-order chi connectivity index (χ0) is 23.3. The van der Waals surface area contributed by atoms with Gasteiger partial charge in [0.05, 0.1) is 19.0 Å².